The van der Waals surface area contributed by atoms with E-state index in [2.05, 4.69) is 204 Å². The minimum atomic E-state index is 0.662. The monoisotopic (exact) mass is 760 g/mol. The number of hydrogen-bond donors (Lipinski definition) is 0. The average molecular weight is 761 g/mol. The van der Waals surface area contributed by atoms with Crippen LogP contribution in [-0.2, 0) is 0 Å². The zero-order valence-corrected chi connectivity index (χ0v) is 33.0. The van der Waals surface area contributed by atoms with Crippen LogP contribution in [0, 0.1) is 0 Å². The van der Waals surface area contributed by atoms with Gasteiger partial charge in [-0.3, -0.25) is 0 Å². The van der Waals surface area contributed by atoms with Crippen LogP contribution in [0.4, 0.5) is 34.1 Å². The van der Waals surface area contributed by atoms with Crippen molar-refractivity contribution >= 4 is 77.6 Å². The molecule has 1 fully saturated rings. The molecule has 10 aromatic rings. The van der Waals surface area contributed by atoms with E-state index in [-0.39, 0.29) is 0 Å². The van der Waals surface area contributed by atoms with Crippen LogP contribution in [0.3, 0.4) is 0 Å². The van der Waals surface area contributed by atoms with E-state index in [1.165, 1.54) is 70.3 Å². The van der Waals surface area contributed by atoms with Crippen LogP contribution in [0.1, 0.15) is 43.6 Å². The van der Waals surface area contributed by atoms with Gasteiger partial charge in [0, 0.05) is 44.5 Å². The number of fused-ring (bicyclic) bond motifs is 6. The summed E-state index contributed by atoms with van der Waals surface area (Å²) >= 11 is 0. The average Bonchev–Trinajstić information content (AvgIpc) is 3.69. The van der Waals surface area contributed by atoms with Crippen molar-refractivity contribution in [3.05, 3.63) is 206 Å². The van der Waals surface area contributed by atoms with E-state index in [0.717, 1.165) is 56.1 Å². The molecule has 0 unspecified atom stereocenters. The molecule has 0 atom stereocenters. The maximum Gasteiger partial charge on any atom is 0.135 e. The topological polar surface area (TPSA) is 19.6 Å². The summed E-state index contributed by atoms with van der Waals surface area (Å²) in [6, 6.07) is 72.9. The molecule has 0 N–H and O–H groups in total. The summed E-state index contributed by atoms with van der Waals surface area (Å²) < 4.78 is 6.37. The van der Waals surface area contributed by atoms with Crippen molar-refractivity contribution < 1.29 is 4.42 Å². The summed E-state index contributed by atoms with van der Waals surface area (Å²) in [5.74, 6) is 0.662. The third-order valence-corrected chi connectivity index (χ3v) is 12.4. The molecule has 3 nitrogen and oxygen atoms in total. The Bertz CT molecular complexity index is 3050. The summed E-state index contributed by atoms with van der Waals surface area (Å²) in [6.45, 7) is 0. The number of nitrogens with zero attached hydrogens (tertiary/aromatic N) is 2. The maximum atomic E-state index is 6.37. The van der Waals surface area contributed by atoms with E-state index in [4.69, 9.17) is 4.42 Å². The molecule has 9 aromatic carbocycles. The molecule has 284 valence electrons. The second kappa shape index (κ2) is 15.0. The molecule has 1 aromatic heterocycles. The minimum absolute atomic E-state index is 0.662. The van der Waals surface area contributed by atoms with Crippen LogP contribution < -0.4 is 9.80 Å². The first kappa shape index (κ1) is 35.1. The van der Waals surface area contributed by atoms with Gasteiger partial charge in [0.25, 0.3) is 0 Å². The first-order valence-corrected chi connectivity index (χ1v) is 21.0. The molecule has 1 heterocycles. The first-order valence-electron chi connectivity index (χ1n) is 21.0. The highest BCUT2D eigenvalue weighted by Crippen LogP contribution is 2.48. The number of anilines is 6. The zero-order chi connectivity index (χ0) is 39.1. The Morgan fingerprint density at radius 2 is 0.983 bits per heavy atom. The van der Waals surface area contributed by atoms with Crippen molar-refractivity contribution in [1.29, 1.82) is 0 Å². The highest BCUT2D eigenvalue weighted by Gasteiger charge is 2.23. The lowest BCUT2D eigenvalue weighted by Crippen LogP contribution is -2.12. The van der Waals surface area contributed by atoms with Crippen LogP contribution >= 0.6 is 0 Å². The van der Waals surface area contributed by atoms with E-state index in [1.54, 1.807) is 0 Å². The van der Waals surface area contributed by atoms with Gasteiger partial charge in [0.2, 0.25) is 0 Å². The number of hydrogen-bond acceptors (Lipinski definition) is 3. The van der Waals surface area contributed by atoms with Crippen LogP contribution in [0.2, 0.25) is 0 Å². The summed E-state index contributed by atoms with van der Waals surface area (Å²) in [6.07, 6.45) is 6.61. The fourth-order valence-corrected chi connectivity index (χ4v) is 9.54. The van der Waals surface area contributed by atoms with E-state index < -0.39 is 0 Å². The molecule has 3 heteroatoms. The van der Waals surface area contributed by atoms with Gasteiger partial charge in [0.15, 0.2) is 0 Å². The summed E-state index contributed by atoms with van der Waals surface area (Å²) in [4.78, 5) is 4.83. The normalized spacial score (nSPS) is 13.4. The van der Waals surface area contributed by atoms with Crippen LogP contribution in [0.25, 0.3) is 54.6 Å². The predicted molar refractivity (Wildman–Crippen MR) is 249 cm³/mol. The Morgan fingerprint density at radius 3 is 1.76 bits per heavy atom. The zero-order valence-electron chi connectivity index (χ0n) is 33.0. The predicted octanol–water partition coefficient (Wildman–Crippen LogP) is 16.5. The molecule has 1 aliphatic carbocycles. The molecule has 0 radical (unpaired) electrons. The Hall–Kier alpha value is -7.10. The molecule has 1 aliphatic rings. The lowest BCUT2D eigenvalue weighted by Gasteiger charge is -2.30. The van der Waals surface area contributed by atoms with Gasteiger partial charge < -0.3 is 14.2 Å². The quantitative estimate of drug-likeness (QED) is 0.144. The molecule has 11 rings (SSSR count). The summed E-state index contributed by atoms with van der Waals surface area (Å²) in [5.41, 5.74) is 12.3. The Labute approximate surface area is 345 Å². The molecule has 59 heavy (non-hydrogen) atoms. The summed E-state index contributed by atoms with van der Waals surface area (Å²) in [5, 5.41) is 7.00. The summed E-state index contributed by atoms with van der Waals surface area (Å²) in [7, 11) is 0. The smallest absolute Gasteiger partial charge is 0.135 e. The first-order chi connectivity index (χ1) is 29.3. The standard InChI is InChI=1S/C56H44N2O/c1-4-16-39(17-5-1)40-28-30-41(31-29-40)48-24-12-14-26-53(48)58(46-33-35-56-52(38-46)50-25-13-15-27-55(50)59-56)54-36-42-18-10-11-23-47(42)51-37-45(32-34-49(51)54)57(43-19-6-2-7-20-43)44-21-8-3-9-22-44/h2-3,6-15,18-39H,1,4-5,16-17H2. The lowest BCUT2D eigenvalue weighted by molar-refractivity contribution is 0.443. The molecular weight excluding hydrogens is 717 g/mol. The van der Waals surface area contributed by atoms with Crippen LogP contribution in [0.15, 0.2) is 205 Å². The molecule has 0 bridgehead atoms. The third kappa shape index (κ3) is 6.40. The van der Waals surface area contributed by atoms with E-state index in [0.29, 0.717) is 5.92 Å². The fourth-order valence-electron chi connectivity index (χ4n) is 9.54. The lowest BCUT2D eigenvalue weighted by atomic mass is 9.83. The van der Waals surface area contributed by atoms with Gasteiger partial charge in [-0.25, -0.2) is 0 Å². The SMILES string of the molecule is c1ccc(N(c2ccccc2)c2ccc3c(N(c4ccc5oc6ccccc6c5c4)c4ccccc4-c4ccc(C5CCCCC5)cc4)cc4ccccc4c3c2)cc1. The number of benzene rings is 9. The van der Waals surface area contributed by atoms with Gasteiger partial charge in [-0.05, 0) is 119 Å². The van der Waals surface area contributed by atoms with Crippen molar-refractivity contribution in [3.63, 3.8) is 0 Å². The van der Waals surface area contributed by atoms with Crippen LogP contribution in [-0.4, -0.2) is 0 Å². The van der Waals surface area contributed by atoms with Gasteiger partial charge in [-0.1, -0.05) is 147 Å². The Kier molecular flexibility index (Phi) is 8.93. The van der Waals surface area contributed by atoms with Gasteiger partial charge in [-0.2, -0.15) is 0 Å². The second-order valence-corrected chi connectivity index (χ2v) is 15.9. The highest BCUT2D eigenvalue weighted by atomic mass is 16.3. The molecule has 0 amide bonds. The highest BCUT2D eigenvalue weighted by molar-refractivity contribution is 6.16. The minimum Gasteiger partial charge on any atom is -0.456 e. The maximum absolute atomic E-state index is 6.37. The van der Waals surface area contributed by atoms with Crippen molar-refractivity contribution in [2.45, 2.75) is 38.0 Å². The third-order valence-electron chi connectivity index (χ3n) is 12.4. The fraction of sp³-hybridized carbons (Fsp3) is 0.107. The molecule has 0 aliphatic heterocycles. The second-order valence-electron chi connectivity index (χ2n) is 15.9. The molecular formula is C56H44N2O. The number of rotatable bonds is 8. The van der Waals surface area contributed by atoms with Crippen molar-refractivity contribution in [3.8, 4) is 11.1 Å². The largest absolute Gasteiger partial charge is 0.456 e. The van der Waals surface area contributed by atoms with Gasteiger partial charge in [0.1, 0.15) is 11.2 Å². The molecule has 0 spiro atoms. The Morgan fingerprint density at radius 1 is 0.373 bits per heavy atom. The Balaban J connectivity index is 1.15. The van der Waals surface area contributed by atoms with E-state index in [9.17, 15) is 0 Å². The van der Waals surface area contributed by atoms with E-state index in [1.807, 2.05) is 6.07 Å². The van der Waals surface area contributed by atoms with Gasteiger partial charge >= 0.3 is 0 Å². The van der Waals surface area contributed by atoms with Gasteiger partial charge in [0.05, 0.1) is 11.4 Å². The van der Waals surface area contributed by atoms with E-state index >= 15 is 0 Å². The van der Waals surface area contributed by atoms with Crippen LogP contribution in [0.5, 0.6) is 0 Å². The number of para-hydroxylation sites is 4. The van der Waals surface area contributed by atoms with Gasteiger partial charge in [-0.15, -0.1) is 0 Å². The molecule has 1 saturated carbocycles. The van der Waals surface area contributed by atoms with Crippen molar-refractivity contribution in [2.24, 2.45) is 0 Å². The number of furan rings is 1. The van der Waals surface area contributed by atoms with Crippen molar-refractivity contribution in [2.75, 3.05) is 9.80 Å². The van der Waals surface area contributed by atoms with Crippen molar-refractivity contribution in [1.82, 2.24) is 0 Å². The molecule has 0 saturated heterocycles.